The van der Waals surface area contributed by atoms with Crippen LogP contribution in [0.2, 0.25) is 0 Å². The Kier molecular flexibility index (Phi) is 5.88. The van der Waals surface area contributed by atoms with Crippen molar-refractivity contribution in [3.8, 4) is 0 Å². The number of rotatable bonds is 6. The number of anilines is 1. The van der Waals surface area contributed by atoms with E-state index in [0.717, 1.165) is 11.4 Å². The molecule has 0 heterocycles. The number of nitrogens with one attached hydrogen (secondary N) is 2. The van der Waals surface area contributed by atoms with Gasteiger partial charge in [-0.05, 0) is 45.0 Å². The molecule has 2 aromatic rings. The largest absolute Gasteiger partial charge is 0.324 e. The molecule has 4 heteroatoms. The van der Waals surface area contributed by atoms with E-state index in [0.29, 0.717) is 11.3 Å². The summed E-state index contributed by atoms with van der Waals surface area (Å²) >= 11 is 0. The lowest BCUT2D eigenvalue weighted by atomic mass is 10.1. The van der Waals surface area contributed by atoms with Gasteiger partial charge in [0.15, 0.2) is 11.8 Å². The third-order valence-electron chi connectivity index (χ3n) is 4.30. The van der Waals surface area contributed by atoms with Crippen molar-refractivity contribution in [2.24, 2.45) is 0 Å². The smallest absolute Gasteiger partial charge is 0.282 e. The highest BCUT2D eigenvalue weighted by atomic mass is 16.2. The molecule has 2 atom stereocenters. The summed E-state index contributed by atoms with van der Waals surface area (Å²) in [7, 11) is 2.02. The van der Waals surface area contributed by atoms with E-state index >= 15 is 0 Å². The highest BCUT2D eigenvalue weighted by Gasteiger charge is 2.22. The van der Waals surface area contributed by atoms with E-state index in [9.17, 15) is 9.59 Å². The maximum atomic E-state index is 12.4. The molecule has 0 fully saturated rings. The summed E-state index contributed by atoms with van der Waals surface area (Å²) in [5.74, 6) is -0.0151. The van der Waals surface area contributed by atoms with Gasteiger partial charge in [0.05, 0.1) is 7.05 Å². The lowest BCUT2D eigenvalue weighted by molar-refractivity contribution is -0.907. The number of hydrogen-bond donors (Lipinski definition) is 2. The predicted octanol–water partition coefficient (Wildman–Crippen LogP) is 2.24. The van der Waals surface area contributed by atoms with Crippen LogP contribution in [-0.4, -0.2) is 24.8 Å². The normalized spacial score (nSPS) is 13.2. The zero-order valence-electron chi connectivity index (χ0n) is 14.7. The van der Waals surface area contributed by atoms with E-state index in [1.807, 2.05) is 14.0 Å². The van der Waals surface area contributed by atoms with Gasteiger partial charge in [0.2, 0.25) is 0 Å². The number of likely N-dealkylation sites (N-methyl/N-ethyl adjacent to an activating group) is 1. The summed E-state index contributed by atoms with van der Waals surface area (Å²) in [6, 6.07) is 15.2. The van der Waals surface area contributed by atoms with Gasteiger partial charge < -0.3 is 10.2 Å². The molecule has 0 saturated heterocycles. The van der Waals surface area contributed by atoms with Gasteiger partial charge in [-0.1, -0.05) is 29.8 Å². The molecule has 0 bridgehead atoms. The summed E-state index contributed by atoms with van der Waals surface area (Å²) in [5.41, 5.74) is 3.79. The molecule has 4 nitrogen and oxygen atoms in total. The number of Topliss-reactive ketones (excluding diaryl/α,β-unsaturated/α-hetero) is 1. The van der Waals surface area contributed by atoms with E-state index in [2.05, 4.69) is 36.5 Å². The number of carbonyl (C=O) groups excluding carboxylic acids is 2. The van der Waals surface area contributed by atoms with Crippen LogP contribution in [0.5, 0.6) is 0 Å². The SMILES string of the molecule is CC(=O)c1ccc(NC(=O)[C@@H](C)[NH+](C)Cc2ccc(C)cc2)cc1. The lowest BCUT2D eigenvalue weighted by Gasteiger charge is -2.21. The first-order valence-electron chi connectivity index (χ1n) is 8.16. The molecule has 126 valence electrons. The second kappa shape index (κ2) is 7.88. The summed E-state index contributed by atoms with van der Waals surface area (Å²) in [5, 5.41) is 2.91. The molecule has 0 aliphatic carbocycles. The number of aryl methyl sites for hydroxylation is 1. The molecular formula is C20H25N2O2+. The Morgan fingerprint density at radius 2 is 1.62 bits per heavy atom. The number of amides is 1. The van der Waals surface area contributed by atoms with Crippen LogP contribution in [0.1, 0.15) is 35.3 Å². The molecule has 0 radical (unpaired) electrons. The Morgan fingerprint density at radius 3 is 2.17 bits per heavy atom. The fourth-order valence-electron chi connectivity index (χ4n) is 2.44. The topological polar surface area (TPSA) is 50.6 Å². The molecule has 0 spiro atoms. The average molecular weight is 325 g/mol. The summed E-state index contributed by atoms with van der Waals surface area (Å²) in [6.07, 6.45) is 0. The third kappa shape index (κ3) is 4.77. The maximum Gasteiger partial charge on any atom is 0.282 e. The van der Waals surface area contributed by atoms with Crippen molar-refractivity contribution in [2.75, 3.05) is 12.4 Å². The Labute approximate surface area is 143 Å². The number of benzene rings is 2. The number of ketones is 1. The molecule has 2 rings (SSSR count). The standard InChI is InChI=1S/C20H24N2O2/c1-14-5-7-17(8-6-14)13-22(4)15(2)20(24)21-19-11-9-18(10-12-19)16(3)23/h5-12,15H,13H2,1-4H3,(H,21,24)/p+1/t15-/m1/s1. The second-order valence-corrected chi connectivity index (χ2v) is 6.35. The van der Waals surface area contributed by atoms with Gasteiger partial charge in [-0.2, -0.15) is 0 Å². The van der Waals surface area contributed by atoms with E-state index < -0.39 is 0 Å². The van der Waals surface area contributed by atoms with Gasteiger partial charge in [0.25, 0.3) is 5.91 Å². The monoisotopic (exact) mass is 325 g/mol. The molecule has 1 amide bonds. The molecule has 0 saturated carbocycles. The minimum atomic E-state index is -0.182. The van der Waals surface area contributed by atoms with Gasteiger partial charge in [0.1, 0.15) is 6.54 Å². The van der Waals surface area contributed by atoms with Crippen molar-refractivity contribution in [3.63, 3.8) is 0 Å². The van der Waals surface area contributed by atoms with Crippen molar-refractivity contribution in [2.45, 2.75) is 33.4 Å². The van der Waals surface area contributed by atoms with E-state index in [1.54, 1.807) is 24.3 Å². The molecular weight excluding hydrogens is 300 g/mol. The average Bonchev–Trinajstić information content (AvgIpc) is 2.56. The van der Waals surface area contributed by atoms with Crippen molar-refractivity contribution in [1.29, 1.82) is 0 Å². The quantitative estimate of drug-likeness (QED) is 0.800. The predicted molar refractivity (Wildman–Crippen MR) is 96.3 cm³/mol. The van der Waals surface area contributed by atoms with Gasteiger partial charge >= 0.3 is 0 Å². The molecule has 24 heavy (non-hydrogen) atoms. The van der Waals surface area contributed by atoms with Gasteiger partial charge in [-0.15, -0.1) is 0 Å². The highest BCUT2D eigenvalue weighted by molar-refractivity contribution is 5.96. The summed E-state index contributed by atoms with van der Waals surface area (Å²) < 4.78 is 0. The zero-order chi connectivity index (χ0) is 17.7. The minimum Gasteiger partial charge on any atom is -0.324 e. The van der Waals surface area contributed by atoms with Crippen LogP contribution in [-0.2, 0) is 11.3 Å². The summed E-state index contributed by atoms with van der Waals surface area (Å²) in [4.78, 5) is 24.8. The molecule has 2 N–H and O–H groups in total. The van der Waals surface area contributed by atoms with Crippen LogP contribution in [0.25, 0.3) is 0 Å². The number of carbonyl (C=O) groups is 2. The minimum absolute atomic E-state index is 0.0171. The fraction of sp³-hybridized carbons (Fsp3) is 0.300. The van der Waals surface area contributed by atoms with E-state index in [-0.39, 0.29) is 17.7 Å². The van der Waals surface area contributed by atoms with Crippen molar-refractivity contribution >= 4 is 17.4 Å². The Morgan fingerprint density at radius 1 is 1.04 bits per heavy atom. The van der Waals surface area contributed by atoms with Gasteiger partial charge in [-0.25, -0.2) is 0 Å². The van der Waals surface area contributed by atoms with Crippen LogP contribution in [0.4, 0.5) is 5.69 Å². The highest BCUT2D eigenvalue weighted by Crippen LogP contribution is 2.10. The van der Waals surface area contributed by atoms with E-state index in [4.69, 9.17) is 0 Å². The fourth-order valence-corrected chi connectivity index (χ4v) is 2.44. The van der Waals surface area contributed by atoms with Crippen LogP contribution >= 0.6 is 0 Å². The molecule has 0 aromatic heterocycles. The first-order valence-corrected chi connectivity index (χ1v) is 8.16. The molecule has 2 aromatic carbocycles. The van der Waals surface area contributed by atoms with Crippen LogP contribution < -0.4 is 10.2 Å². The van der Waals surface area contributed by atoms with Gasteiger partial charge in [-0.3, -0.25) is 9.59 Å². The Hall–Kier alpha value is -2.46. The second-order valence-electron chi connectivity index (χ2n) is 6.35. The summed E-state index contributed by atoms with van der Waals surface area (Å²) in [6.45, 7) is 6.30. The van der Waals surface area contributed by atoms with Crippen LogP contribution in [0.15, 0.2) is 48.5 Å². The molecule has 0 aliphatic rings. The Balaban J connectivity index is 1.95. The van der Waals surface area contributed by atoms with Crippen LogP contribution in [0.3, 0.4) is 0 Å². The number of hydrogen-bond acceptors (Lipinski definition) is 2. The van der Waals surface area contributed by atoms with Crippen LogP contribution in [0, 0.1) is 6.92 Å². The molecule has 1 unspecified atom stereocenters. The maximum absolute atomic E-state index is 12.4. The van der Waals surface area contributed by atoms with Crippen molar-refractivity contribution in [3.05, 3.63) is 65.2 Å². The Bertz CT molecular complexity index is 705. The first kappa shape index (κ1) is 17.9. The first-order chi connectivity index (χ1) is 11.4. The lowest BCUT2D eigenvalue weighted by Crippen LogP contribution is -3.12. The van der Waals surface area contributed by atoms with E-state index in [1.165, 1.54) is 18.1 Å². The van der Waals surface area contributed by atoms with Crippen molar-refractivity contribution < 1.29 is 14.5 Å². The third-order valence-corrected chi connectivity index (χ3v) is 4.30. The van der Waals surface area contributed by atoms with Gasteiger partial charge in [0, 0.05) is 16.8 Å². The zero-order valence-corrected chi connectivity index (χ0v) is 14.7. The van der Waals surface area contributed by atoms with Crippen molar-refractivity contribution in [1.82, 2.24) is 0 Å². The number of quaternary nitrogens is 1. The molecule has 0 aliphatic heterocycles.